The Morgan fingerprint density at radius 3 is 2.29 bits per heavy atom. The lowest BCUT2D eigenvalue weighted by Crippen LogP contribution is -2.51. The van der Waals surface area contributed by atoms with Crippen LogP contribution in [-0.4, -0.2) is 50.9 Å². The van der Waals surface area contributed by atoms with Crippen molar-refractivity contribution >= 4 is 39.1 Å². The van der Waals surface area contributed by atoms with Crippen molar-refractivity contribution in [1.82, 2.24) is 10.2 Å². The van der Waals surface area contributed by atoms with E-state index in [2.05, 4.69) is 5.32 Å². The summed E-state index contributed by atoms with van der Waals surface area (Å²) in [6.07, 6.45) is 1.70. The lowest BCUT2D eigenvalue weighted by atomic mass is 10.1. The number of carbonyl (C=O) groups excluding carboxylic acids is 2. The average molecular weight is 600 g/mol. The molecule has 0 fully saturated rings. The topological polar surface area (TPSA) is 96.0 Å². The second-order valence-corrected chi connectivity index (χ2v) is 11.9. The van der Waals surface area contributed by atoms with E-state index in [0.717, 1.165) is 22.7 Å². The first-order valence-electron chi connectivity index (χ1n) is 13.7. The van der Waals surface area contributed by atoms with Crippen LogP contribution in [-0.2, 0) is 26.2 Å². The van der Waals surface area contributed by atoms with E-state index < -0.39 is 28.5 Å². The van der Waals surface area contributed by atoms with Gasteiger partial charge < -0.3 is 15.0 Å². The zero-order valence-corrected chi connectivity index (χ0v) is 25.5. The first-order valence-corrected chi connectivity index (χ1v) is 15.5. The van der Waals surface area contributed by atoms with E-state index >= 15 is 0 Å². The minimum absolute atomic E-state index is 0.0202. The fourth-order valence-electron chi connectivity index (χ4n) is 4.22. The van der Waals surface area contributed by atoms with Crippen LogP contribution in [0, 0.1) is 6.92 Å². The van der Waals surface area contributed by atoms with Gasteiger partial charge in [0.15, 0.2) is 0 Å². The van der Waals surface area contributed by atoms with Crippen LogP contribution >= 0.6 is 11.6 Å². The van der Waals surface area contributed by atoms with Gasteiger partial charge >= 0.3 is 0 Å². The maximum absolute atomic E-state index is 14.1. The summed E-state index contributed by atoms with van der Waals surface area (Å²) in [7, 11) is -4.21. The Balaban J connectivity index is 2.06. The highest BCUT2D eigenvalue weighted by Gasteiger charge is 2.34. The molecule has 41 heavy (non-hydrogen) atoms. The van der Waals surface area contributed by atoms with Gasteiger partial charge in [0.25, 0.3) is 10.0 Å². The summed E-state index contributed by atoms with van der Waals surface area (Å²) in [5.74, 6) is -0.576. The van der Waals surface area contributed by atoms with E-state index in [0.29, 0.717) is 29.5 Å². The maximum atomic E-state index is 14.1. The van der Waals surface area contributed by atoms with Crippen molar-refractivity contribution in [2.75, 3.05) is 24.0 Å². The molecule has 0 bridgehead atoms. The second-order valence-electron chi connectivity index (χ2n) is 9.66. The Morgan fingerprint density at radius 1 is 0.976 bits per heavy atom. The summed E-state index contributed by atoms with van der Waals surface area (Å²) in [6.45, 7) is 7.55. The zero-order valence-electron chi connectivity index (χ0n) is 24.0. The van der Waals surface area contributed by atoms with Crippen molar-refractivity contribution in [2.24, 2.45) is 0 Å². The number of anilines is 1. The van der Waals surface area contributed by atoms with Crippen LogP contribution in [0.4, 0.5) is 5.69 Å². The van der Waals surface area contributed by atoms with Crippen molar-refractivity contribution in [1.29, 1.82) is 0 Å². The molecule has 8 nitrogen and oxygen atoms in total. The highest BCUT2D eigenvalue weighted by molar-refractivity contribution is 7.92. The van der Waals surface area contributed by atoms with Gasteiger partial charge in [-0.05, 0) is 63.1 Å². The van der Waals surface area contributed by atoms with E-state index in [1.807, 2.05) is 13.8 Å². The molecule has 0 saturated carbocycles. The van der Waals surface area contributed by atoms with Crippen molar-refractivity contribution in [3.63, 3.8) is 0 Å². The van der Waals surface area contributed by atoms with Gasteiger partial charge in [0.05, 0.1) is 17.2 Å². The molecule has 1 N–H and O–H groups in total. The lowest BCUT2D eigenvalue weighted by molar-refractivity contribution is -0.139. The molecule has 0 spiro atoms. The predicted octanol–water partition coefficient (Wildman–Crippen LogP) is 5.58. The van der Waals surface area contributed by atoms with Gasteiger partial charge in [-0.25, -0.2) is 8.42 Å². The van der Waals surface area contributed by atoms with Gasteiger partial charge in [-0.3, -0.25) is 13.9 Å². The third kappa shape index (κ3) is 8.24. The van der Waals surface area contributed by atoms with E-state index in [1.54, 1.807) is 74.5 Å². The second kappa shape index (κ2) is 14.9. The number of sulfonamides is 1. The summed E-state index contributed by atoms with van der Waals surface area (Å²) in [6, 6.07) is 19.3. The quantitative estimate of drug-likeness (QED) is 0.244. The van der Waals surface area contributed by atoms with Gasteiger partial charge in [-0.1, -0.05) is 73.0 Å². The number of benzene rings is 3. The molecule has 3 rings (SSSR count). The third-order valence-electron chi connectivity index (χ3n) is 6.62. The van der Waals surface area contributed by atoms with Crippen LogP contribution in [0.2, 0.25) is 5.02 Å². The average Bonchev–Trinajstić information content (AvgIpc) is 2.96. The van der Waals surface area contributed by atoms with Crippen LogP contribution in [0.3, 0.4) is 0 Å². The van der Waals surface area contributed by atoms with E-state index in [1.165, 1.54) is 17.0 Å². The van der Waals surface area contributed by atoms with Gasteiger partial charge in [-0.15, -0.1) is 0 Å². The maximum Gasteiger partial charge on any atom is 0.264 e. The summed E-state index contributed by atoms with van der Waals surface area (Å²) in [4.78, 5) is 28.6. The first kappa shape index (κ1) is 32.0. The van der Waals surface area contributed by atoms with Gasteiger partial charge in [0.2, 0.25) is 11.8 Å². The number of hydrogen-bond donors (Lipinski definition) is 1. The summed E-state index contributed by atoms with van der Waals surface area (Å²) >= 11 is 6.42. The minimum Gasteiger partial charge on any atom is -0.492 e. The minimum atomic E-state index is -4.21. The Hall–Kier alpha value is -3.56. The van der Waals surface area contributed by atoms with Crippen LogP contribution in [0.25, 0.3) is 0 Å². The molecule has 0 radical (unpaired) electrons. The van der Waals surface area contributed by atoms with E-state index in [4.69, 9.17) is 16.3 Å². The SMILES string of the molecule is CCCCNC(=O)[C@H](C)N(Cc1ccccc1Cl)C(=O)CN(c1ccccc1OCC)S(=O)(=O)c1ccc(C)cc1. The number of hydrogen-bond acceptors (Lipinski definition) is 5. The predicted molar refractivity (Wildman–Crippen MR) is 163 cm³/mol. The molecule has 10 heteroatoms. The molecule has 0 saturated heterocycles. The van der Waals surface area contributed by atoms with Crippen molar-refractivity contribution in [3.8, 4) is 5.75 Å². The van der Waals surface area contributed by atoms with Gasteiger partial charge in [0.1, 0.15) is 18.3 Å². The van der Waals surface area contributed by atoms with Crippen molar-refractivity contribution in [2.45, 2.75) is 58.0 Å². The number of amides is 2. The molecular weight excluding hydrogens is 562 g/mol. The standard InChI is InChI=1S/C31H38ClN3O5S/c1-5-7-20-33-31(37)24(4)34(21-25-12-8-9-13-27(25)32)30(36)22-35(28-14-10-11-15-29(28)40-6-2)41(38,39)26-18-16-23(3)17-19-26/h8-19,24H,5-7,20-22H2,1-4H3,(H,33,37)/t24-/m0/s1. The molecular formula is C31H38ClN3O5S. The van der Waals surface area contributed by atoms with Crippen LogP contribution in [0.5, 0.6) is 5.75 Å². The van der Waals surface area contributed by atoms with Gasteiger partial charge in [-0.2, -0.15) is 0 Å². The van der Waals surface area contributed by atoms with Crippen LogP contribution in [0.15, 0.2) is 77.7 Å². The molecule has 1 atom stereocenters. The smallest absolute Gasteiger partial charge is 0.264 e. The Kier molecular flexibility index (Phi) is 11.6. The number of nitrogens with one attached hydrogen (secondary N) is 1. The fraction of sp³-hybridized carbons (Fsp3) is 0.355. The van der Waals surface area contributed by atoms with Crippen molar-refractivity contribution < 1.29 is 22.7 Å². The number of unbranched alkanes of at least 4 members (excludes halogenated alkanes) is 1. The zero-order chi connectivity index (χ0) is 30.0. The summed E-state index contributed by atoms with van der Waals surface area (Å²) in [5, 5.41) is 3.31. The third-order valence-corrected chi connectivity index (χ3v) is 8.76. The summed E-state index contributed by atoms with van der Waals surface area (Å²) < 4.78 is 34.9. The van der Waals surface area contributed by atoms with Crippen LogP contribution < -0.4 is 14.4 Å². The molecule has 0 aromatic heterocycles. The number of halogens is 1. The first-order chi connectivity index (χ1) is 19.6. The Bertz CT molecular complexity index is 1430. The molecule has 2 amide bonds. The number of nitrogens with zero attached hydrogens (tertiary/aromatic N) is 2. The normalized spacial score (nSPS) is 11.9. The molecule has 0 aliphatic carbocycles. The fourth-order valence-corrected chi connectivity index (χ4v) is 5.84. The number of para-hydroxylation sites is 2. The molecule has 0 unspecified atom stereocenters. The monoisotopic (exact) mass is 599 g/mol. The van der Waals surface area contributed by atoms with E-state index in [-0.39, 0.29) is 23.0 Å². The number of ether oxygens (including phenoxy) is 1. The molecule has 3 aromatic carbocycles. The highest BCUT2D eigenvalue weighted by atomic mass is 35.5. The molecule has 220 valence electrons. The molecule has 0 aliphatic heterocycles. The highest BCUT2D eigenvalue weighted by Crippen LogP contribution is 2.33. The Labute approximate surface area is 248 Å². The molecule has 0 aliphatic rings. The Morgan fingerprint density at radius 2 is 1.63 bits per heavy atom. The van der Waals surface area contributed by atoms with Crippen molar-refractivity contribution in [3.05, 3.63) is 88.9 Å². The molecule has 0 heterocycles. The largest absolute Gasteiger partial charge is 0.492 e. The van der Waals surface area contributed by atoms with Gasteiger partial charge in [0, 0.05) is 18.1 Å². The number of aryl methyl sites for hydroxylation is 1. The van der Waals surface area contributed by atoms with E-state index in [9.17, 15) is 18.0 Å². The number of rotatable bonds is 14. The lowest BCUT2D eigenvalue weighted by Gasteiger charge is -2.32. The summed E-state index contributed by atoms with van der Waals surface area (Å²) in [5.41, 5.74) is 1.76. The number of carbonyl (C=O) groups is 2. The van der Waals surface area contributed by atoms with Crippen LogP contribution in [0.1, 0.15) is 44.7 Å². The molecule has 3 aromatic rings.